The molecular formula is C16H19NO3S2. The number of thiophene rings is 1. The van der Waals surface area contributed by atoms with Crippen molar-refractivity contribution < 1.29 is 13.2 Å². The highest BCUT2D eigenvalue weighted by atomic mass is 32.2. The first-order valence-electron chi connectivity index (χ1n) is 6.98. The van der Waals surface area contributed by atoms with E-state index in [4.69, 9.17) is 0 Å². The third-order valence-electron chi connectivity index (χ3n) is 3.20. The number of sulfonamides is 1. The van der Waals surface area contributed by atoms with Crippen molar-refractivity contribution in [1.29, 1.82) is 0 Å². The lowest BCUT2D eigenvalue weighted by atomic mass is 10.1. The highest BCUT2D eigenvalue weighted by Crippen LogP contribution is 2.12. The molecule has 0 radical (unpaired) electrons. The summed E-state index contributed by atoms with van der Waals surface area (Å²) in [6, 6.07) is 8.11. The molecule has 118 valence electrons. The smallest absolute Gasteiger partial charge is 0.240 e. The maximum Gasteiger partial charge on any atom is 0.240 e. The third-order valence-corrected chi connectivity index (χ3v) is 5.54. The van der Waals surface area contributed by atoms with E-state index in [2.05, 4.69) is 4.72 Å². The maximum atomic E-state index is 12.2. The number of carbonyl (C=O) groups excluding carboxylic acids is 1. The van der Waals surface area contributed by atoms with Crippen molar-refractivity contribution in [3.8, 4) is 0 Å². The zero-order chi connectivity index (χ0) is 16.2. The van der Waals surface area contributed by atoms with Crippen molar-refractivity contribution in [1.82, 2.24) is 4.72 Å². The zero-order valence-corrected chi connectivity index (χ0v) is 14.2. The fourth-order valence-electron chi connectivity index (χ4n) is 2.13. The number of hydrogen-bond donors (Lipinski definition) is 1. The maximum absolute atomic E-state index is 12.2. The van der Waals surface area contributed by atoms with Crippen LogP contribution in [-0.2, 0) is 21.2 Å². The van der Waals surface area contributed by atoms with Crippen LogP contribution in [0.15, 0.2) is 46.0 Å². The van der Waals surface area contributed by atoms with Gasteiger partial charge in [0.2, 0.25) is 10.0 Å². The summed E-state index contributed by atoms with van der Waals surface area (Å²) in [7, 11) is -3.58. The Morgan fingerprint density at radius 2 is 1.91 bits per heavy atom. The van der Waals surface area contributed by atoms with Crippen LogP contribution >= 0.6 is 11.3 Å². The summed E-state index contributed by atoms with van der Waals surface area (Å²) in [4.78, 5) is 12.2. The fraction of sp³-hybridized carbons (Fsp3) is 0.312. The molecule has 2 rings (SSSR count). The molecule has 4 nitrogen and oxygen atoms in total. The molecule has 0 aliphatic carbocycles. The Kier molecular flexibility index (Phi) is 5.50. The number of aryl methyl sites for hydroxylation is 1. The molecule has 1 N–H and O–H groups in total. The molecule has 0 fully saturated rings. The summed E-state index contributed by atoms with van der Waals surface area (Å²) >= 11 is 1.55. The first kappa shape index (κ1) is 16.9. The van der Waals surface area contributed by atoms with Crippen LogP contribution in [0.2, 0.25) is 0 Å². The van der Waals surface area contributed by atoms with Gasteiger partial charge in [-0.2, -0.15) is 11.3 Å². The third kappa shape index (κ3) is 4.76. The van der Waals surface area contributed by atoms with E-state index in [0.717, 1.165) is 11.1 Å². The Balaban J connectivity index is 1.94. The molecule has 0 saturated heterocycles. The van der Waals surface area contributed by atoms with Gasteiger partial charge in [0.05, 0.1) is 4.90 Å². The largest absolute Gasteiger partial charge is 0.299 e. The first-order valence-corrected chi connectivity index (χ1v) is 9.41. The van der Waals surface area contributed by atoms with E-state index in [1.807, 2.05) is 23.8 Å². The Morgan fingerprint density at radius 1 is 1.23 bits per heavy atom. The first-order chi connectivity index (χ1) is 10.4. The van der Waals surface area contributed by atoms with Gasteiger partial charge in [-0.05, 0) is 48.4 Å². The summed E-state index contributed by atoms with van der Waals surface area (Å²) in [5.41, 5.74) is 1.97. The molecular weight excluding hydrogens is 318 g/mol. The summed E-state index contributed by atoms with van der Waals surface area (Å²) in [5, 5.41) is 3.85. The van der Waals surface area contributed by atoms with E-state index in [-0.39, 0.29) is 17.1 Å². The van der Waals surface area contributed by atoms with Crippen molar-refractivity contribution in [3.05, 3.63) is 52.2 Å². The average Bonchev–Trinajstić information content (AvgIpc) is 2.90. The van der Waals surface area contributed by atoms with E-state index >= 15 is 0 Å². The van der Waals surface area contributed by atoms with Crippen molar-refractivity contribution >= 4 is 27.1 Å². The quantitative estimate of drug-likeness (QED) is 0.845. The molecule has 1 aromatic heterocycles. The van der Waals surface area contributed by atoms with E-state index in [1.54, 1.807) is 42.5 Å². The monoisotopic (exact) mass is 337 g/mol. The second-order valence-corrected chi connectivity index (χ2v) is 7.88. The van der Waals surface area contributed by atoms with Crippen LogP contribution in [0.25, 0.3) is 0 Å². The van der Waals surface area contributed by atoms with Gasteiger partial charge in [-0.3, -0.25) is 4.79 Å². The Morgan fingerprint density at radius 3 is 2.50 bits per heavy atom. The summed E-state index contributed by atoms with van der Waals surface area (Å²) in [6.07, 6.45) is 0.529. The van der Waals surface area contributed by atoms with Crippen LogP contribution in [0.4, 0.5) is 0 Å². The highest BCUT2D eigenvalue weighted by molar-refractivity contribution is 7.89. The fourth-order valence-corrected chi connectivity index (χ4v) is 4.04. The van der Waals surface area contributed by atoms with Gasteiger partial charge in [-0.25, -0.2) is 13.1 Å². The molecule has 0 bridgehead atoms. The minimum absolute atomic E-state index is 0.0255. The van der Waals surface area contributed by atoms with E-state index in [1.165, 1.54) is 0 Å². The van der Waals surface area contributed by atoms with Gasteiger partial charge in [0.25, 0.3) is 0 Å². The predicted octanol–water partition coefficient (Wildman–Crippen LogP) is 2.93. The van der Waals surface area contributed by atoms with Crippen LogP contribution < -0.4 is 4.72 Å². The van der Waals surface area contributed by atoms with Gasteiger partial charge in [-0.1, -0.05) is 17.7 Å². The lowest BCUT2D eigenvalue weighted by Gasteiger charge is -2.13. The van der Waals surface area contributed by atoms with Gasteiger partial charge < -0.3 is 0 Å². The lowest BCUT2D eigenvalue weighted by molar-refractivity contribution is -0.118. The minimum atomic E-state index is -3.58. The molecule has 1 aromatic carbocycles. The van der Waals surface area contributed by atoms with Crippen LogP contribution in [0, 0.1) is 6.92 Å². The summed E-state index contributed by atoms with van der Waals surface area (Å²) in [5.74, 6) is 0.0255. The second kappa shape index (κ2) is 7.17. The number of benzene rings is 1. The molecule has 1 atom stereocenters. The van der Waals surface area contributed by atoms with Crippen molar-refractivity contribution in [2.45, 2.75) is 37.6 Å². The zero-order valence-electron chi connectivity index (χ0n) is 12.6. The normalized spacial score (nSPS) is 13.0. The number of Topliss-reactive ketones (excluding diaryl/α,β-unsaturated/α-hetero) is 1. The van der Waals surface area contributed by atoms with Gasteiger partial charge >= 0.3 is 0 Å². The van der Waals surface area contributed by atoms with Crippen LogP contribution in [0.3, 0.4) is 0 Å². The average molecular weight is 337 g/mol. The van der Waals surface area contributed by atoms with E-state index < -0.39 is 16.1 Å². The van der Waals surface area contributed by atoms with E-state index in [0.29, 0.717) is 6.42 Å². The van der Waals surface area contributed by atoms with E-state index in [9.17, 15) is 13.2 Å². The van der Waals surface area contributed by atoms with Crippen LogP contribution in [0.5, 0.6) is 0 Å². The molecule has 1 unspecified atom stereocenters. The van der Waals surface area contributed by atoms with Gasteiger partial charge in [0.1, 0.15) is 5.78 Å². The minimum Gasteiger partial charge on any atom is -0.299 e. The highest BCUT2D eigenvalue weighted by Gasteiger charge is 2.19. The molecule has 0 aliphatic heterocycles. The Labute approximate surface area is 135 Å². The number of hydrogen-bond acceptors (Lipinski definition) is 4. The Hall–Kier alpha value is -1.50. The number of rotatable bonds is 7. The van der Waals surface area contributed by atoms with Crippen LogP contribution in [0.1, 0.15) is 24.5 Å². The Bertz CT molecular complexity index is 719. The molecule has 22 heavy (non-hydrogen) atoms. The molecule has 0 saturated carbocycles. The number of nitrogens with one attached hydrogen (secondary N) is 1. The van der Waals surface area contributed by atoms with Crippen molar-refractivity contribution in [3.63, 3.8) is 0 Å². The molecule has 1 heterocycles. The van der Waals surface area contributed by atoms with Gasteiger partial charge in [0.15, 0.2) is 0 Å². The van der Waals surface area contributed by atoms with Crippen molar-refractivity contribution in [2.75, 3.05) is 0 Å². The molecule has 2 aromatic rings. The molecule has 0 spiro atoms. The SMILES string of the molecule is Cc1ccc(S(=O)(=O)NC(C)CC(=O)Cc2ccsc2)cc1. The van der Waals surface area contributed by atoms with Crippen molar-refractivity contribution in [2.24, 2.45) is 0 Å². The molecule has 6 heteroatoms. The van der Waals surface area contributed by atoms with Gasteiger partial charge in [0, 0.05) is 18.9 Å². The van der Waals surface area contributed by atoms with Gasteiger partial charge in [-0.15, -0.1) is 0 Å². The predicted molar refractivity (Wildman–Crippen MR) is 88.6 cm³/mol. The summed E-state index contributed by atoms with van der Waals surface area (Å²) in [6.45, 7) is 3.60. The molecule has 0 aliphatic rings. The number of carbonyl (C=O) groups is 1. The number of ketones is 1. The lowest BCUT2D eigenvalue weighted by Crippen LogP contribution is -2.34. The second-order valence-electron chi connectivity index (χ2n) is 5.39. The topological polar surface area (TPSA) is 63.2 Å². The standard InChI is InChI=1S/C16H19NO3S2/c1-12-3-5-16(6-4-12)22(19,20)17-13(2)9-15(18)10-14-7-8-21-11-14/h3-8,11,13,17H,9-10H2,1-2H3. The van der Waals surface area contributed by atoms with Crippen LogP contribution in [-0.4, -0.2) is 20.2 Å². The summed E-state index contributed by atoms with van der Waals surface area (Å²) < 4.78 is 27.0. The molecule has 0 amide bonds.